The molecule has 0 amide bonds. The van der Waals surface area contributed by atoms with Crippen LogP contribution < -0.4 is 4.74 Å². The molecule has 0 aliphatic carbocycles. The van der Waals surface area contributed by atoms with Gasteiger partial charge in [-0.2, -0.15) is 5.10 Å². The van der Waals surface area contributed by atoms with Crippen molar-refractivity contribution in [2.75, 3.05) is 13.2 Å². The molecule has 0 saturated heterocycles. The minimum atomic E-state index is -1.02. The van der Waals surface area contributed by atoms with Crippen molar-refractivity contribution in [3.8, 4) is 16.9 Å². The van der Waals surface area contributed by atoms with Crippen molar-refractivity contribution in [2.45, 2.75) is 45.8 Å². The number of carboxylic acids is 1. The SMILES string of the molecule is Cc1[nH]nc2c1-c1c(F)ccc3c(CCCOc4cccc5ccccc45)c(C(=O)O)n(c13)CCCCOC2. The lowest BCUT2D eigenvalue weighted by Crippen LogP contribution is -2.12. The second-order valence-electron chi connectivity index (χ2n) is 9.96. The normalized spacial score (nSPS) is 13.8. The third-order valence-corrected chi connectivity index (χ3v) is 7.49. The molecule has 7 nitrogen and oxygen atoms in total. The molecule has 3 aromatic carbocycles. The minimum Gasteiger partial charge on any atom is -0.493 e. The molecule has 0 unspecified atom stereocenters. The third-order valence-electron chi connectivity index (χ3n) is 7.49. The molecular formula is C31H30FN3O4. The first-order valence-corrected chi connectivity index (χ1v) is 13.3. The Morgan fingerprint density at radius 1 is 1.10 bits per heavy atom. The summed E-state index contributed by atoms with van der Waals surface area (Å²) in [5.74, 6) is -0.621. The number of nitrogens with one attached hydrogen (secondary N) is 1. The van der Waals surface area contributed by atoms with Gasteiger partial charge in [-0.1, -0.05) is 36.4 Å². The number of carbonyl (C=O) groups is 1. The van der Waals surface area contributed by atoms with Crippen LogP contribution in [-0.4, -0.2) is 39.1 Å². The van der Waals surface area contributed by atoms with E-state index in [1.807, 2.05) is 49.4 Å². The van der Waals surface area contributed by atoms with Gasteiger partial charge in [0.15, 0.2) is 0 Å². The van der Waals surface area contributed by atoms with Crippen LogP contribution in [0.25, 0.3) is 32.8 Å². The summed E-state index contributed by atoms with van der Waals surface area (Å²) in [5, 5.41) is 20.6. The van der Waals surface area contributed by atoms with Crippen LogP contribution >= 0.6 is 0 Å². The third kappa shape index (κ3) is 4.55. The van der Waals surface area contributed by atoms with Crippen molar-refractivity contribution < 1.29 is 23.8 Å². The second kappa shape index (κ2) is 10.5. The van der Waals surface area contributed by atoms with Gasteiger partial charge in [-0.25, -0.2) is 9.18 Å². The lowest BCUT2D eigenvalue weighted by Gasteiger charge is -2.12. The van der Waals surface area contributed by atoms with Crippen molar-refractivity contribution in [3.05, 3.63) is 83.1 Å². The van der Waals surface area contributed by atoms with E-state index in [-0.39, 0.29) is 12.3 Å². The molecule has 200 valence electrons. The van der Waals surface area contributed by atoms with Gasteiger partial charge in [0.05, 0.1) is 24.4 Å². The summed E-state index contributed by atoms with van der Waals surface area (Å²) in [6.45, 7) is 3.52. The maximum Gasteiger partial charge on any atom is 0.352 e. The first-order chi connectivity index (χ1) is 19.0. The molecule has 6 rings (SSSR count). The Balaban J connectivity index is 1.41. The van der Waals surface area contributed by atoms with Gasteiger partial charge in [-0.3, -0.25) is 5.10 Å². The first-order valence-electron chi connectivity index (χ1n) is 13.3. The lowest BCUT2D eigenvalue weighted by molar-refractivity contribution is 0.0683. The van der Waals surface area contributed by atoms with Gasteiger partial charge in [-0.15, -0.1) is 0 Å². The van der Waals surface area contributed by atoms with E-state index in [0.29, 0.717) is 72.6 Å². The summed E-state index contributed by atoms with van der Waals surface area (Å²) >= 11 is 0. The van der Waals surface area contributed by atoms with E-state index >= 15 is 4.39 Å². The molecule has 5 aromatic rings. The second-order valence-corrected chi connectivity index (χ2v) is 9.96. The number of carboxylic acid groups (broad SMARTS) is 1. The number of rotatable bonds is 6. The molecule has 0 fully saturated rings. The summed E-state index contributed by atoms with van der Waals surface area (Å²) < 4.78 is 29.4. The molecule has 2 aromatic heterocycles. The average molecular weight is 528 g/mol. The molecule has 0 saturated carbocycles. The van der Waals surface area contributed by atoms with Crippen LogP contribution in [0.1, 0.15) is 46.7 Å². The Hall–Kier alpha value is -4.17. The maximum absolute atomic E-state index is 15.6. The fourth-order valence-corrected chi connectivity index (χ4v) is 5.76. The number of hydrogen-bond donors (Lipinski definition) is 2. The summed E-state index contributed by atoms with van der Waals surface area (Å²) in [6.07, 6.45) is 2.57. The predicted octanol–water partition coefficient (Wildman–Crippen LogP) is 6.65. The smallest absolute Gasteiger partial charge is 0.352 e. The lowest BCUT2D eigenvalue weighted by atomic mass is 9.97. The molecule has 3 heterocycles. The van der Waals surface area contributed by atoms with E-state index in [4.69, 9.17) is 9.47 Å². The highest BCUT2D eigenvalue weighted by Gasteiger charge is 2.28. The Morgan fingerprint density at radius 3 is 2.82 bits per heavy atom. The molecule has 0 spiro atoms. The summed E-state index contributed by atoms with van der Waals surface area (Å²) in [7, 11) is 0. The molecule has 39 heavy (non-hydrogen) atoms. The zero-order valence-corrected chi connectivity index (χ0v) is 21.8. The zero-order valence-electron chi connectivity index (χ0n) is 21.8. The number of ether oxygens (including phenoxy) is 2. The van der Waals surface area contributed by atoms with Gasteiger partial charge in [0.2, 0.25) is 0 Å². The van der Waals surface area contributed by atoms with Crippen LogP contribution in [0, 0.1) is 12.7 Å². The number of aromatic amines is 1. The number of aryl methyl sites for hydroxylation is 3. The molecule has 1 aliphatic heterocycles. The Labute approximate surface area is 225 Å². The monoisotopic (exact) mass is 527 g/mol. The van der Waals surface area contributed by atoms with Gasteiger partial charge in [-0.05, 0) is 61.8 Å². The fraction of sp³-hybridized carbons (Fsp3) is 0.290. The van der Waals surface area contributed by atoms with Crippen LogP contribution in [0.15, 0.2) is 54.6 Å². The summed E-state index contributed by atoms with van der Waals surface area (Å²) in [6, 6.07) is 17.2. The molecule has 0 atom stereocenters. The number of fused-ring (bicyclic) bond motifs is 3. The van der Waals surface area contributed by atoms with Crippen LogP contribution in [0.2, 0.25) is 0 Å². The van der Waals surface area contributed by atoms with E-state index in [1.54, 1.807) is 10.6 Å². The predicted molar refractivity (Wildman–Crippen MR) is 148 cm³/mol. The van der Waals surface area contributed by atoms with Gasteiger partial charge in [0.1, 0.15) is 17.3 Å². The van der Waals surface area contributed by atoms with Gasteiger partial charge in [0.25, 0.3) is 0 Å². The van der Waals surface area contributed by atoms with Crippen LogP contribution in [0.5, 0.6) is 5.75 Å². The van der Waals surface area contributed by atoms with Crippen molar-refractivity contribution in [1.82, 2.24) is 14.8 Å². The standard InChI is InChI=1S/C31H30FN3O4/c1-19-27-25(34-33-19)18-38-16-5-4-15-35-29-23(13-14-24(32)28(27)29)22(30(35)31(36)37)11-7-17-39-26-12-6-9-20-8-2-3-10-21(20)26/h2-3,6,8-10,12-14H,4-5,7,11,15-18H2,1H3,(H,33,34)(H,36,37). The highest BCUT2D eigenvalue weighted by molar-refractivity contribution is 6.04. The maximum atomic E-state index is 15.6. The quantitative estimate of drug-likeness (QED) is 0.241. The first kappa shape index (κ1) is 25.1. The van der Waals surface area contributed by atoms with Crippen molar-refractivity contribution >= 4 is 27.6 Å². The number of nitrogens with zero attached hydrogens (tertiary/aromatic N) is 2. The molecule has 0 bridgehead atoms. The molecular weight excluding hydrogens is 497 g/mol. The van der Waals surface area contributed by atoms with E-state index in [0.717, 1.165) is 28.3 Å². The Bertz CT molecular complexity index is 1680. The number of halogens is 1. The van der Waals surface area contributed by atoms with Crippen molar-refractivity contribution in [1.29, 1.82) is 0 Å². The van der Waals surface area contributed by atoms with E-state index in [9.17, 15) is 9.90 Å². The number of benzene rings is 3. The molecule has 2 N–H and O–H groups in total. The highest BCUT2D eigenvalue weighted by atomic mass is 19.1. The van der Waals surface area contributed by atoms with Gasteiger partial charge < -0.3 is 19.1 Å². The largest absolute Gasteiger partial charge is 0.493 e. The van der Waals surface area contributed by atoms with E-state index in [2.05, 4.69) is 10.2 Å². The van der Waals surface area contributed by atoms with Gasteiger partial charge >= 0.3 is 5.97 Å². The van der Waals surface area contributed by atoms with E-state index < -0.39 is 11.8 Å². The minimum absolute atomic E-state index is 0.213. The van der Waals surface area contributed by atoms with E-state index in [1.165, 1.54) is 6.07 Å². The number of H-pyrrole nitrogens is 1. The number of aromatic nitrogens is 3. The zero-order chi connectivity index (χ0) is 26.9. The van der Waals surface area contributed by atoms with Crippen molar-refractivity contribution in [2.24, 2.45) is 0 Å². The summed E-state index contributed by atoms with van der Waals surface area (Å²) in [5.41, 5.74) is 3.87. The topological polar surface area (TPSA) is 89.4 Å². The van der Waals surface area contributed by atoms with Crippen LogP contribution in [0.3, 0.4) is 0 Å². The summed E-state index contributed by atoms with van der Waals surface area (Å²) in [4.78, 5) is 12.7. The Kier molecular flexibility index (Phi) is 6.79. The molecule has 0 radical (unpaired) electrons. The van der Waals surface area contributed by atoms with Gasteiger partial charge in [0, 0.05) is 40.7 Å². The number of aromatic carboxylic acids is 1. The van der Waals surface area contributed by atoms with Crippen molar-refractivity contribution in [3.63, 3.8) is 0 Å². The molecule has 8 heteroatoms. The molecule has 1 aliphatic rings. The van der Waals surface area contributed by atoms with Crippen LogP contribution in [0.4, 0.5) is 4.39 Å². The average Bonchev–Trinajstić information content (AvgIpc) is 3.44. The fourth-order valence-electron chi connectivity index (χ4n) is 5.76. The number of hydrogen-bond acceptors (Lipinski definition) is 4. The highest BCUT2D eigenvalue weighted by Crippen LogP contribution is 2.40. The Morgan fingerprint density at radius 2 is 1.95 bits per heavy atom. The van der Waals surface area contributed by atoms with Crippen LogP contribution in [-0.2, 0) is 24.3 Å².